The lowest BCUT2D eigenvalue weighted by atomic mass is 9.84. The van der Waals surface area contributed by atoms with Gasteiger partial charge in [0.1, 0.15) is 5.82 Å². The number of nitrogens with zero attached hydrogens (tertiary/aromatic N) is 1. The molecule has 0 spiro atoms. The Bertz CT molecular complexity index is 546. The summed E-state index contributed by atoms with van der Waals surface area (Å²) < 4.78 is 4.74. The number of ether oxygens (including phenoxy) is 1. The second kappa shape index (κ2) is 5.54. The maximum absolute atomic E-state index is 11.7. The zero-order chi connectivity index (χ0) is 15.0. The van der Waals surface area contributed by atoms with Crippen molar-refractivity contribution in [2.75, 3.05) is 18.2 Å². The third-order valence-electron chi connectivity index (χ3n) is 5.19. The topological polar surface area (TPSA) is 77.2 Å². The summed E-state index contributed by atoms with van der Waals surface area (Å²) in [7, 11) is 1.35. The molecule has 21 heavy (non-hydrogen) atoms. The van der Waals surface area contributed by atoms with Crippen LogP contribution in [-0.2, 0) is 4.74 Å². The highest BCUT2D eigenvalue weighted by Crippen LogP contribution is 2.49. The van der Waals surface area contributed by atoms with Crippen molar-refractivity contribution in [3.63, 3.8) is 0 Å². The van der Waals surface area contributed by atoms with Crippen molar-refractivity contribution in [2.45, 2.75) is 38.6 Å². The van der Waals surface area contributed by atoms with E-state index in [1.165, 1.54) is 32.8 Å². The summed E-state index contributed by atoms with van der Waals surface area (Å²) in [6.45, 7) is 2.19. The molecule has 4 unspecified atom stereocenters. The molecular weight excluding hydrogens is 266 g/mol. The summed E-state index contributed by atoms with van der Waals surface area (Å²) in [6, 6.07) is 1.91. The van der Waals surface area contributed by atoms with Gasteiger partial charge >= 0.3 is 5.97 Å². The third-order valence-corrected chi connectivity index (χ3v) is 5.19. The molecule has 5 nitrogen and oxygen atoms in total. The standard InChI is InChI=1S/C16H23N3O2/c1-9(13-8-10-3-4-11(13)7-10)19-15-14(17)12(5-6-18-15)16(20)21-2/h5-6,9-11,13H,3-4,7-8,17H2,1-2H3,(H,18,19). The molecule has 2 fully saturated rings. The fourth-order valence-electron chi connectivity index (χ4n) is 4.11. The van der Waals surface area contributed by atoms with Crippen molar-refractivity contribution >= 4 is 17.5 Å². The van der Waals surface area contributed by atoms with Gasteiger partial charge in [0.05, 0.1) is 18.4 Å². The Balaban J connectivity index is 1.74. The molecule has 5 heteroatoms. The molecule has 1 aromatic rings. The van der Waals surface area contributed by atoms with Gasteiger partial charge in [-0.3, -0.25) is 0 Å². The molecule has 0 aliphatic heterocycles. The van der Waals surface area contributed by atoms with Gasteiger partial charge in [-0.2, -0.15) is 0 Å². The van der Waals surface area contributed by atoms with E-state index in [1.807, 2.05) is 0 Å². The Morgan fingerprint density at radius 1 is 1.48 bits per heavy atom. The van der Waals surface area contributed by atoms with E-state index in [9.17, 15) is 4.79 Å². The number of carbonyl (C=O) groups is 1. The van der Waals surface area contributed by atoms with E-state index in [4.69, 9.17) is 10.5 Å². The average molecular weight is 289 g/mol. The summed E-state index contributed by atoms with van der Waals surface area (Å²) >= 11 is 0. The maximum atomic E-state index is 11.7. The van der Waals surface area contributed by atoms with E-state index in [1.54, 1.807) is 12.3 Å². The van der Waals surface area contributed by atoms with Crippen molar-refractivity contribution in [1.82, 2.24) is 4.98 Å². The molecule has 0 saturated heterocycles. The lowest BCUT2D eigenvalue weighted by Crippen LogP contribution is -2.30. The highest BCUT2D eigenvalue weighted by atomic mass is 16.5. The Kier molecular flexibility index (Phi) is 3.74. The number of aromatic nitrogens is 1. The lowest BCUT2D eigenvalue weighted by Gasteiger charge is -2.29. The van der Waals surface area contributed by atoms with Crippen LogP contribution in [0.5, 0.6) is 0 Å². The minimum Gasteiger partial charge on any atom is -0.465 e. The first-order chi connectivity index (χ1) is 10.1. The number of methoxy groups -OCH3 is 1. The van der Waals surface area contributed by atoms with Crippen LogP contribution in [-0.4, -0.2) is 24.1 Å². The minimum atomic E-state index is -0.425. The Labute approximate surface area is 125 Å². The smallest absolute Gasteiger partial charge is 0.340 e. The fraction of sp³-hybridized carbons (Fsp3) is 0.625. The SMILES string of the molecule is COC(=O)c1ccnc(NC(C)C2CC3CCC2C3)c1N. The molecule has 2 aliphatic rings. The van der Waals surface area contributed by atoms with Crippen LogP contribution in [0.15, 0.2) is 12.3 Å². The molecule has 0 amide bonds. The monoisotopic (exact) mass is 289 g/mol. The summed E-state index contributed by atoms with van der Waals surface area (Å²) in [5.74, 6) is 2.60. The van der Waals surface area contributed by atoms with Gasteiger partial charge in [0.2, 0.25) is 0 Å². The van der Waals surface area contributed by atoms with E-state index in [-0.39, 0.29) is 0 Å². The fourth-order valence-corrected chi connectivity index (χ4v) is 4.11. The number of hydrogen-bond acceptors (Lipinski definition) is 5. The molecule has 4 atom stereocenters. The molecule has 2 aliphatic carbocycles. The summed E-state index contributed by atoms with van der Waals surface area (Å²) in [5, 5.41) is 3.41. The maximum Gasteiger partial charge on any atom is 0.340 e. The molecule has 2 saturated carbocycles. The van der Waals surface area contributed by atoms with Crippen LogP contribution in [0.4, 0.5) is 11.5 Å². The lowest BCUT2D eigenvalue weighted by molar-refractivity contribution is 0.0602. The minimum absolute atomic E-state index is 0.322. The summed E-state index contributed by atoms with van der Waals surface area (Å²) in [6.07, 6.45) is 7.02. The largest absolute Gasteiger partial charge is 0.465 e. The van der Waals surface area contributed by atoms with Crippen molar-refractivity contribution in [3.8, 4) is 0 Å². The van der Waals surface area contributed by atoms with Crippen molar-refractivity contribution < 1.29 is 9.53 Å². The summed E-state index contributed by atoms with van der Waals surface area (Å²) in [5.41, 5.74) is 6.80. The second-order valence-electron chi connectivity index (χ2n) is 6.38. The molecule has 2 bridgehead atoms. The average Bonchev–Trinajstić information content (AvgIpc) is 3.11. The number of hydrogen-bond donors (Lipinski definition) is 2. The summed E-state index contributed by atoms with van der Waals surface area (Å²) in [4.78, 5) is 16.0. The van der Waals surface area contributed by atoms with Crippen LogP contribution in [0.2, 0.25) is 0 Å². The van der Waals surface area contributed by atoms with E-state index >= 15 is 0 Å². The van der Waals surface area contributed by atoms with Crippen LogP contribution < -0.4 is 11.1 Å². The molecule has 3 rings (SSSR count). The van der Waals surface area contributed by atoms with E-state index < -0.39 is 5.97 Å². The number of fused-ring (bicyclic) bond motifs is 2. The number of nitrogen functional groups attached to an aromatic ring is 1. The normalized spacial score (nSPS) is 28.4. The van der Waals surface area contributed by atoms with Gasteiger partial charge in [-0.05, 0) is 50.0 Å². The highest BCUT2D eigenvalue weighted by Gasteiger charge is 2.41. The first-order valence-electron chi connectivity index (χ1n) is 7.69. The number of nitrogens with one attached hydrogen (secondary N) is 1. The van der Waals surface area contributed by atoms with Crippen LogP contribution in [0, 0.1) is 17.8 Å². The third kappa shape index (κ3) is 2.57. The predicted octanol–water partition coefficient (Wildman–Crippen LogP) is 2.69. The van der Waals surface area contributed by atoms with E-state index in [0.717, 1.165) is 11.8 Å². The van der Waals surface area contributed by atoms with Crippen LogP contribution in [0.1, 0.15) is 43.0 Å². The number of carbonyl (C=O) groups excluding carboxylic acids is 1. The Hall–Kier alpha value is -1.78. The molecule has 0 radical (unpaired) electrons. The van der Waals surface area contributed by atoms with Gasteiger partial charge in [-0.1, -0.05) is 6.42 Å². The number of rotatable bonds is 4. The Morgan fingerprint density at radius 2 is 2.29 bits per heavy atom. The molecule has 114 valence electrons. The van der Waals surface area contributed by atoms with Gasteiger partial charge in [0.25, 0.3) is 0 Å². The molecule has 1 aromatic heterocycles. The highest BCUT2D eigenvalue weighted by molar-refractivity contribution is 5.97. The van der Waals surface area contributed by atoms with Crippen molar-refractivity contribution in [3.05, 3.63) is 17.8 Å². The van der Waals surface area contributed by atoms with Gasteiger partial charge < -0.3 is 15.8 Å². The van der Waals surface area contributed by atoms with Gasteiger partial charge in [0.15, 0.2) is 0 Å². The molecule has 1 heterocycles. The van der Waals surface area contributed by atoms with Gasteiger partial charge in [0, 0.05) is 12.2 Å². The zero-order valence-electron chi connectivity index (χ0n) is 12.6. The quantitative estimate of drug-likeness (QED) is 0.833. The van der Waals surface area contributed by atoms with Crippen LogP contribution >= 0.6 is 0 Å². The number of anilines is 2. The van der Waals surface area contributed by atoms with Crippen LogP contribution in [0.3, 0.4) is 0 Å². The second-order valence-corrected chi connectivity index (χ2v) is 6.38. The zero-order valence-corrected chi connectivity index (χ0v) is 12.6. The van der Waals surface area contributed by atoms with Gasteiger partial charge in [-0.15, -0.1) is 0 Å². The van der Waals surface area contributed by atoms with Crippen molar-refractivity contribution in [2.24, 2.45) is 17.8 Å². The number of pyridine rings is 1. The van der Waals surface area contributed by atoms with E-state index in [2.05, 4.69) is 17.2 Å². The predicted molar refractivity (Wildman–Crippen MR) is 82.0 cm³/mol. The molecular formula is C16H23N3O2. The van der Waals surface area contributed by atoms with E-state index in [0.29, 0.717) is 29.0 Å². The first-order valence-corrected chi connectivity index (χ1v) is 7.69. The van der Waals surface area contributed by atoms with Gasteiger partial charge in [-0.25, -0.2) is 9.78 Å². The molecule has 3 N–H and O–H groups in total. The Morgan fingerprint density at radius 3 is 2.90 bits per heavy atom. The molecule has 0 aromatic carbocycles. The van der Waals surface area contributed by atoms with Crippen molar-refractivity contribution in [1.29, 1.82) is 0 Å². The number of nitrogens with two attached hydrogens (primary N) is 1. The number of esters is 1. The van der Waals surface area contributed by atoms with Crippen LogP contribution in [0.25, 0.3) is 0 Å². The first kappa shape index (κ1) is 14.2.